The van der Waals surface area contributed by atoms with E-state index in [0.717, 1.165) is 0 Å². The molecule has 0 bridgehead atoms. The molecule has 1 saturated heterocycles. The van der Waals surface area contributed by atoms with Crippen molar-refractivity contribution in [3.8, 4) is 0 Å². The third-order valence-electron chi connectivity index (χ3n) is 3.70. The second-order valence-electron chi connectivity index (χ2n) is 4.92. The highest BCUT2D eigenvalue weighted by Gasteiger charge is 2.39. The Balaban J connectivity index is 1.92. The van der Waals surface area contributed by atoms with Crippen LogP contribution in [0.2, 0.25) is 0 Å². The van der Waals surface area contributed by atoms with Gasteiger partial charge in [-0.1, -0.05) is 0 Å². The minimum absolute atomic E-state index is 0.135. The summed E-state index contributed by atoms with van der Waals surface area (Å²) in [6.45, 7) is 0.294. The van der Waals surface area contributed by atoms with Gasteiger partial charge in [0.05, 0.1) is 18.1 Å². The fourth-order valence-corrected chi connectivity index (χ4v) is 2.64. The molecule has 96 valence electrons. The largest absolute Gasteiger partial charge is 0.481 e. The summed E-state index contributed by atoms with van der Waals surface area (Å²) in [6, 6.07) is 0. The van der Waals surface area contributed by atoms with Gasteiger partial charge in [0, 0.05) is 19.0 Å². The summed E-state index contributed by atoms with van der Waals surface area (Å²) in [6.07, 6.45) is -0.272. The van der Waals surface area contributed by atoms with Gasteiger partial charge in [0.15, 0.2) is 0 Å². The lowest BCUT2D eigenvalue weighted by Gasteiger charge is -2.19. The fourth-order valence-electron chi connectivity index (χ4n) is 2.64. The number of likely N-dealkylation sites (tertiary alicyclic amines) is 1. The molecule has 0 aromatic heterocycles. The number of hydrogen-bond donors (Lipinski definition) is 3. The van der Waals surface area contributed by atoms with Crippen LogP contribution in [0.3, 0.4) is 0 Å². The molecule has 1 heterocycles. The van der Waals surface area contributed by atoms with Gasteiger partial charge >= 0.3 is 5.97 Å². The smallest absolute Gasteiger partial charge is 0.306 e. The van der Waals surface area contributed by atoms with Gasteiger partial charge in [-0.2, -0.15) is 0 Å². The number of hydrogen-bond acceptors (Lipinski definition) is 4. The first-order valence-electron chi connectivity index (χ1n) is 5.86. The number of aliphatic hydroxyl groups is 2. The van der Waals surface area contributed by atoms with Gasteiger partial charge in [0.25, 0.3) is 0 Å². The van der Waals surface area contributed by atoms with E-state index in [1.54, 1.807) is 0 Å². The average Bonchev–Trinajstić information content (AvgIpc) is 2.86. The van der Waals surface area contributed by atoms with Gasteiger partial charge in [-0.05, 0) is 19.3 Å². The number of β-amino-alcohol motifs (C(OH)–C–C–N with tert-alkyl or cyclic N) is 2. The highest BCUT2D eigenvalue weighted by molar-refractivity contribution is 5.81. The predicted molar refractivity (Wildman–Crippen MR) is 57.1 cm³/mol. The number of carbonyl (C=O) groups is 2. The summed E-state index contributed by atoms with van der Waals surface area (Å²) in [5, 5.41) is 27.6. The molecule has 1 aliphatic heterocycles. The molecule has 2 unspecified atom stereocenters. The van der Waals surface area contributed by atoms with Crippen molar-refractivity contribution in [1.82, 2.24) is 4.90 Å². The number of aliphatic carboxylic acids is 1. The molecule has 2 fully saturated rings. The molecule has 4 atom stereocenters. The molecule has 6 nitrogen and oxygen atoms in total. The summed E-state index contributed by atoms with van der Waals surface area (Å²) < 4.78 is 0. The van der Waals surface area contributed by atoms with Crippen molar-refractivity contribution in [1.29, 1.82) is 0 Å². The minimum Gasteiger partial charge on any atom is -0.481 e. The summed E-state index contributed by atoms with van der Waals surface area (Å²) in [5.41, 5.74) is 0. The SMILES string of the molecule is O=C(O)C1CCC(C(=O)N2C[C@@H](O)[C@@H](O)C2)C1. The standard InChI is InChI=1S/C11H17NO5/c13-8-4-12(5-9(8)14)10(15)6-1-2-7(3-6)11(16)17/h6-9,13-14H,1-5H2,(H,16,17)/t6?,7?,8-,9+. The quantitative estimate of drug-likeness (QED) is 0.581. The Kier molecular flexibility index (Phi) is 3.35. The van der Waals surface area contributed by atoms with Crippen molar-refractivity contribution in [3.05, 3.63) is 0 Å². The van der Waals surface area contributed by atoms with Crippen LogP contribution in [0.25, 0.3) is 0 Å². The van der Waals surface area contributed by atoms with Crippen LogP contribution in [0.4, 0.5) is 0 Å². The number of rotatable bonds is 2. The molecule has 2 aliphatic rings. The molecule has 1 saturated carbocycles. The number of aliphatic hydroxyl groups excluding tert-OH is 2. The van der Waals surface area contributed by atoms with E-state index in [9.17, 15) is 19.8 Å². The van der Waals surface area contributed by atoms with E-state index in [0.29, 0.717) is 19.3 Å². The molecule has 0 aromatic rings. The fraction of sp³-hybridized carbons (Fsp3) is 0.818. The van der Waals surface area contributed by atoms with E-state index in [2.05, 4.69) is 0 Å². The van der Waals surface area contributed by atoms with Crippen LogP contribution in [-0.4, -0.2) is 57.4 Å². The Morgan fingerprint density at radius 1 is 1.00 bits per heavy atom. The molecule has 0 spiro atoms. The first-order chi connectivity index (χ1) is 7.99. The van der Waals surface area contributed by atoms with Gasteiger partial charge in [-0.15, -0.1) is 0 Å². The van der Waals surface area contributed by atoms with Crippen LogP contribution < -0.4 is 0 Å². The van der Waals surface area contributed by atoms with Crippen LogP contribution in [0, 0.1) is 11.8 Å². The summed E-state index contributed by atoms with van der Waals surface area (Å²) in [4.78, 5) is 24.2. The van der Waals surface area contributed by atoms with E-state index in [1.807, 2.05) is 0 Å². The van der Waals surface area contributed by atoms with E-state index in [-0.39, 0.29) is 24.9 Å². The normalized spacial score (nSPS) is 37.4. The molecule has 2 rings (SSSR count). The number of carboxylic acid groups (broad SMARTS) is 1. The lowest BCUT2D eigenvalue weighted by Crippen LogP contribution is -2.34. The average molecular weight is 243 g/mol. The molecule has 3 N–H and O–H groups in total. The van der Waals surface area contributed by atoms with E-state index >= 15 is 0 Å². The maximum atomic E-state index is 12.0. The lowest BCUT2D eigenvalue weighted by atomic mass is 10.0. The maximum absolute atomic E-state index is 12.0. The maximum Gasteiger partial charge on any atom is 0.306 e. The molecule has 1 aliphatic carbocycles. The van der Waals surface area contributed by atoms with E-state index in [4.69, 9.17) is 5.11 Å². The van der Waals surface area contributed by atoms with E-state index in [1.165, 1.54) is 4.90 Å². The highest BCUT2D eigenvalue weighted by Crippen LogP contribution is 2.33. The van der Waals surface area contributed by atoms with Crippen LogP contribution in [0.5, 0.6) is 0 Å². The second kappa shape index (κ2) is 4.62. The third kappa shape index (κ3) is 2.42. The Morgan fingerprint density at radius 3 is 2.00 bits per heavy atom. The zero-order valence-electron chi connectivity index (χ0n) is 9.45. The third-order valence-corrected chi connectivity index (χ3v) is 3.70. The molecule has 17 heavy (non-hydrogen) atoms. The highest BCUT2D eigenvalue weighted by atomic mass is 16.4. The van der Waals surface area contributed by atoms with Crippen LogP contribution in [0.15, 0.2) is 0 Å². The number of nitrogens with zero attached hydrogens (tertiary/aromatic N) is 1. The Hall–Kier alpha value is -1.14. The monoisotopic (exact) mass is 243 g/mol. The van der Waals surface area contributed by atoms with Gasteiger partial charge in [0.2, 0.25) is 5.91 Å². The Labute approximate surface area is 98.8 Å². The second-order valence-corrected chi connectivity index (χ2v) is 4.92. The Bertz CT molecular complexity index is 322. The van der Waals surface area contributed by atoms with Crippen molar-refractivity contribution in [3.63, 3.8) is 0 Å². The molecule has 6 heteroatoms. The molecule has 0 radical (unpaired) electrons. The van der Waals surface area contributed by atoms with Crippen LogP contribution >= 0.6 is 0 Å². The Morgan fingerprint density at radius 2 is 1.53 bits per heavy atom. The van der Waals surface area contributed by atoms with Gasteiger partial charge < -0.3 is 20.2 Å². The molecular weight excluding hydrogens is 226 g/mol. The van der Waals surface area contributed by atoms with Crippen molar-refractivity contribution in [2.45, 2.75) is 31.5 Å². The topological polar surface area (TPSA) is 98.1 Å². The van der Waals surface area contributed by atoms with Gasteiger partial charge in [-0.3, -0.25) is 9.59 Å². The van der Waals surface area contributed by atoms with Crippen molar-refractivity contribution < 1.29 is 24.9 Å². The molecular formula is C11H17NO5. The van der Waals surface area contributed by atoms with Crippen LogP contribution in [-0.2, 0) is 9.59 Å². The lowest BCUT2D eigenvalue weighted by molar-refractivity contribution is -0.141. The van der Waals surface area contributed by atoms with Gasteiger partial charge in [0.1, 0.15) is 0 Å². The molecule has 0 aromatic carbocycles. The first kappa shape index (κ1) is 12.3. The zero-order chi connectivity index (χ0) is 12.6. The zero-order valence-corrected chi connectivity index (χ0v) is 9.45. The predicted octanol–water partition coefficient (Wildman–Crippen LogP) is -0.949. The summed E-state index contributed by atoms with van der Waals surface area (Å²) in [7, 11) is 0. The van der Waals surface area contributed by atoms with Crippen LogP contribution in [0.1, 0.15) is 19.3 Å². The number of carboxylic acids is 1. The molecule has 1 amide bonds. The van der Waals surface area contributed by atoms with Crippen molar-refractivity contribution in [2.75, 3.05) is 13.1 Å². The number of amides is 1. The van der Waals surface area contributed by atoms with Crippen molar-refractivity contribution in [2.24, 2.45) is 11.8 Å². The van der Waals surface area contributed by atoms with E-state index < -0.39 is 24.1 Å². The summed E-state index contributed by atoms with van der Waals surface area (Å²) >= 11 is 0. The first-order valence-corrected chi connectivity index (χ1v) is 5.86. The minimum atomic E-state index is -0.879. The summed E-state index contributed by atoms with van der Waals surface area (Å²) in [5.74, 6) is -1.68. The van der Waals surface area contributed by atoms with Crippen molar-refractivity contribution >= 4 is 11.9 Å². The number of carbonyl (C=O) groups excluding carboxylic acids is 1. The van der Waals surface area contributed by atoms with Gasteiger partial charge in [-0.25, -0.2) is 0 Å².